The van der Waals surface area contributed by atoms with Crippen molar-refractivity contribution >= 4 is 11.6 Å². The second-order valence-electron chi connectivity index (χ2n) is 6.04. The maximum Gasteiger partial charge on any atom is 0.204 e. The fraction of sp³-hybridized carbons (Fsp3) is 0.368. The van der Waals surface area contributed by atoms with Crippen molar-refractivity contribution in [2.45, 2.75) is 25.3 Å². The predicted octanol–water partition coefficient (Wildman–Crippen LogP) is 5.13. The Morgan fingerprint density at radius 3 is 2.71 bits per heavy atom. The van der Waals surface area contributed by atoms with Crippen LogP contribution in [-0.4, -0.2) is 31.1 Å². The first-order chi connectivity index (χ1) is 11.6. The molecule has 0 saturated carbocycles. The van der Waals surface area contributed by atoms with Crippen molar-refractivity contribution in [3.63, 3.8) is 0 Å². The van der Waals surface area contributed by atoms with Crippen LogP contribution in [0.2, 0.25) is 5.02 Å². The molecule has 0 spiro atoms. The van der Waals surface area contributed by atoms with Gasteiger partial charge in [-0.3, -0.25) is 0 Å². The fourth-order valence-electron chi connectivity index (χ4n) is 2.97. The minimum absolute atomic E-state index is 0.111. The first-order valence-corrected chi connectivity index (χ1v) is 8.56. The molecule has 0 radical (unpaired) electrons. The van der Waals surface area contributed by atoms with Crippen molar-refractivity contribution in [1.29, 1.82) is 0 Å². The van der Waals surface area contributed by atoms with Gasteiger partial charge in [0, 0.05) is 11.1 Å². The zero-order chi connectivity index (χ0) is 16.9. The summed E-state index contributed by atoms with van der Waals surface area (Å²) in [6, 6.07) is 12.1. The molecule has 24 heavy (non-hydrogen) atoms. The van der Waals surface area contributed by atoms with E-state index in [-0.39, 0.29) is 5.75 Å². The third-order valence-corrected chi connectivity index (χ3v) is 4.60. The maximum atomic E-state index is 14.2. The summed E-state index contributed by atoms with van der Waals surface area (Å²) < 4.78 is 25.6. The van der Waals surface area contributed by atoms with Gasteiger partial charge in [0.15, 0.2) is 11.6 Å². The van der Waals surface area contributed by atoms with Crippen LogP contribution in [0.25, 0.3) is 0 Å². The summed E-state index contributed by atoms with van der Waals surface area (Å²) in [5.41, 5.74) is 0. The second kappa shape index (κ2) is 7.86. The maximum absolute atomic E-state index is 14.2. The third kappa shape index (κ3) is 4.19. The largest absolute Gasteiger partial charge is 0.489 e. The number of para-hydroxylation sites is 1. The molecule has 0 unspecified atom stereocenters. The highest BCUT2D eigenvalue weighted by molar-refractivity contribution is 6.30. The number of likely N-dealkylation sites (tertiary alicyclic amines) is 1. The lowest BCUT2D eigenvalue weighted by molar-refractivity contribution is 0.228. The Morgan fingerprint density at radius 2 is 2.00 bits per heavy atom. The Kier molecular flexibility index (Phi) is 5.59. The number of nitrogens with zero attached hydrogens (tertiary/aromatic N) is 1. The van der Waals surface area contributed by atoms with Gasteiger partial charge in [0.1, 0.15) is 5.75 Å². The Labute approximate surface area is 146 Å². The summed E-state index contributed by atoms with van der Waals surface area (Å²) in [6.07, 6.45) is 3.34. The van der Waals surface area contributed by atoms with E-state index in [2.05, 4.69) is 11.9 Å². The molecule has 1 saturated heterocycles. The molecule has 128 valence electrons. The summed E-state index contributed by atoms with van der Waals surface area (Å²) in [5.74, 6) is 0.607. The number of hydrogen-bond donors (Lipinski definition) is 0. The molecule has 0 aromatic heterocycles. The lowest BCUT2D eigenvalue weighted by atomic mass is 10.1. The van der Waals surface area contributed by atoms with Gasteiger partial charge in [-0.15, -0.1) is 0 Å². The van der Waals surface area contributed by atoms with Crippen LogP contribution >= 0.6 is 11.6 Å². The van der Waals surface area contributed by atoms with E-state index in [9.17, 15) is 4.39 Å². The van der Waals surface area contributed by atoms with Gasteiger partial charge in [0.2, 0.25) is 5.75 Å². The molecule has 1 fully saturated rings. The lowest BCUT2D eigenvalue weighted by Crippen LogP contribution is -2.26. The fourth-order valence-corrected chi connectivity index (χ4v) is 3.10. The van der Waals surface area contributed by atoms with E-state index in [1.807, 2.05) is 0 Å². The van der Waals surface area contributed by atoms with Crippen LogP contribution in [-0.2, 0) is 0 Å². The Morgan fingerprint density at radius 1 is 1.21 bits per heavy atom. The minimum atomic E-state index is -0.444. The van der Waals surface area contributed by atoms with Gasteiger partial charge in [-0.1, -0.05) is 17.7 Å². The molecule has 3 rings (SSSR count). The Bertz CT molecular complexity index is 678. The van der Waals surface area contributed by atoms with E-state index in [0.29, 0.717) is 29.2 Å². The molecule has 1 atom stereocenters. The number of hydrogen-bond acceptors (Lipinski definition) is 3. The van der Waals surface area contributed by atoms with Crippen molar-refractivity contribution in [3.05, 3.63) is 53.3 Å². The van der Waals surface area contributed by atoms with Gasteiger partial charge in [-0.25, -0.2) is 4.39 Å². The number of benzene rings is 2. The summed E-state index contributed by atoms with van der Waals surface area (Å²) in [7, 11) is 2.13. The van der Waals surface area contributed by atoms with Gasteiger partial charge in [-0.2, -0.15) is 0 Å². The van der Waals surface area contributed by atoms with Gasteiger partial charge < -0.3 is 14.4 Å². The smallest absolute Gasteiger partial charge is 0.204 e. The van der Waals surface area contributed by atoms with Gasteiger partial charge in [0.05, 0.1) is 6.61 Å². The molecule has 0 N–H and O–H groups in total. The van der Waals surface area contributed by atoms with E-state index in [1.54, 1.807) is 36.4 Å². The minimum Gasteiger partial charge on any atom is -0.489 e. The molecule has 1 heterocycles. The van der Waals surface area contributed by atoms with Crippen LogP contribution in [0.1, 0.15) is 19.3 Å². The lowest BCUT2D eigenvalue weighted by Gasteiger charge is -2.20. The third-order valence-electron chi connectivity index (χ3n) is 4.34. The van der Waals surface area contributed by atoms with E-state index < -0.39 is 5.82 Å². The highest BCUT2D eigenvalue weighted by Crippen LogP contribution is 2.34. The topological polar surface area (TPSA) is 21.7 Å². The molecule has 0 aliphatic carbocycles. The van der Waals surface area contributed by atoms with Crippen LogP contribution in [0.15, 0.2) is 42.5 Å². The molecule has 1 aliphatic rings. The van der Waals surface area contributed by atoms with Crippen LogP contribution in [0.5, 0.6) is 17.2 Å². The van der Waals surface area contributed by atoms with Crippen molar-refractivity contribution in [3.8, 4) is 17.2 Å². The van der Waals surface area contributed by atoms with Crippen molar-refractivity contribution < 1.29 is 13.9 Å². The summed E-state index contributed by atoms with van der Waals surface area (Å²) >= 11 is 5.86. The van der Waals surface area contributed by atoms with Crippen LogP contribution in [0.4, 0.5) is 4.39 Å². The first-order valence-electron chi connectivity index (χ1n) is 8.18. The van der Waals surface area contributed by atoms with Crippen LogP contribution in [0, 0.1) is 5.82 Å². The SMILES string of the molecule is CN1CCC[C@@H]1CCOc1cccc(F)c1Oc1ccc(Cl)cc1. The highest BCUT2D eigenvalue weighted by Gasteiger charge is 2.21. The molecule has 3 nitrogen and oxygen atoms in total. The average Bonchev–Trinajstić information content (AvgIpc) is 2.98. The van der Waals surface area contributed by atoms with E-state index in [1.165, 1.54) is 18.9 Å². The zero-order valence-corrected chi connectivity index (χ0v) is 14.4. The first kappa shape index (κ1) is 17.1. The normalized spacial score (nSPS) is 17.9. The Hall–Kier alpha value is -1.78. The predicted molar refractivity (Wildman–Crippen MR) is 93.7 cm³/mol. The Balaban J connectivity index is 1.66. The molecule has 2 aromatic carbocycles. The van der Waals surface area contributed by atoms with Gasteiger partial charge in [0.25, 0.3) is 0 Å². The summed E-state index contributed by atoms with van der Waals surface area (Å²) in [4.78, 5) is 2.35. The van der Waals surface area contributed by atoms with Gasteiger partial charge in [-0.05, 0) is 69.3 Å². The van der Waals surface area contributed by atoms with Gasteiger partial charge >= 0.3 is 0 Å². The number of halogens is 2. The molecule has 2 aromatic rings. The van der Waals surface area contributed by atoms with Crippen LogP contribution in [0.3, 0.4) is 0 Å². The average molecular weight is 350 g/mol. The molecule has 0 amide bonds. The number of rotatable bonds is 6. The summed E-state index contributed by atoms with van der Waals surface area (Å²) in [5, 5.41) is 0.605. The highest BCUT2D eigenvalue weighted by atomic mass is 35.5. The molecule has 0 bridgehead atoms. The van der Waals surface area contributed by atoms with E-state index in [4.69, 9.17) is 21.1 Å². The monoisotopic (exact) mass is 349 g/mol. The van der Waals surface area contributed by atoms with E-state index in [0.717, 1.165) is 13.0 Å². The van der Waals surface area contributed by atoms with Crippen molar-refractivity contribution in [2.75, 3.05) is 20.2 Å². The summed E-state index contributed by atoms with van der Waals surface area (Å²) in [6.45, 7) is 1.67. The molecule has 5 heteroatoms. The van der Waals surface area contributed by atoms with Crippen molar-refractivity contribution in [2.24, 2.45) is 0 Å². The quantitative estimate of drug-likeness (QED) is 0.721. The second-order valence-corrected chi connectivity index (χ2v) is 6.47. The zero-order valence-electron chi connectivity index (χ0n) is 13.7. The van der Waals surface area contributed by atoms with Crippen LogP contribution < -0.4 is 9.47 Å². The number of ether oxygens (including phenoxy) is 2. The molecular weight excluding hydrogens is 329 g/mol. The molecule has 1 aliphatic heterocycles. The van der Waals surface area contributed by atoms with E-state index >= 15 is 0 Å². The standard InChI is InChI=1S/C19H21ClFNO2/c1-22-12-3-4-15(22)11-13-23-18-6-2-5-17(21)19(18)24-16-9-7-14(20)8-10-16/h2,5-10,15H,3-4,11-13H2,1H3/t15-/m1/s1. The molecular formula is C19H21ClFNO2. The van der Waals surface area contributed by atoms with Crippen molar-refractivity contribution in [1.82, 2.24) is 4.90 Å².